The Labute approximate surface area is 176 Å². The van der Waals surface area contributed by atoms with Gasteiger partial charge < -0.3 is 4.90 Å². The molecule has 5 nitrogen and oxygen atoms in total. The number of benzene rings is 1. The maximum Gasteiger partial charge on any atom is 0.336 e. The number of carbonyl (C=O) groups excluding carboxylic acids is 1. The van der Waals surface area contributed by atoms with Crippen LogP contribution in [-0.4, -0.2) is 52.7 Å². The molecule has 0 bridgehead atoms. The van der Waals surface area contributed by atoms with Crippen molar-refractivity contribution in [3.05, 3.63) is 33.4 Å². The van der Waals surface area contributed by atoms with Gasteiger partial charge in [-0.15, -0.1) is 0 Å². The first-order valence-corrected chi connectivity index (χ1v) is 11.4. The Hall–Kier alpha value is -1.53. The molecule has 1 aromatic heterocycles. The van der Waals surface area contributed by atoms with Gasteiger partial charge in [-0.1, -0.05) is 22.9 Å². The number of nitrogens with zero attached hydrogens (tertiary/aromatic N) is 3. The number of hydrogen-bond donors (Lipinski definition) is 1. The molecule has 0 spiro atoms. The van der Waals surface area contributed by atoms with E-state index in [1.807, 2.05) is 23.4 Å². The van der Waals surface area contributed by atoms with E-state index in [0.29, 0.717) is 25.0 Å². The Morgan fingerprint density at radius 3 is 2.71 bits per heavy atom. The lowest BCUT2D eigenvalue weighted by atomic mass is 9.74. The van der Waals surface area contributed by atoms with Gasteiger partial charge in [0.1, 0.15) is 0 Å². The number of nitrogens with one attached hydrogen (secondary N) is 1. The summed E-state index contributed by atoms with van der Waals surface area (Å²) in [4.78, 5) is 17.2. The van der Waals surface area contributed by atoms with Gasteiger partial charge in [-0.3, -0.25) is 9.58 Å². The van der Waals surface area contributed by atoms with Crippen LogP contribution < -0.4 is 5.43 Å². The second-order valence-electron chi connectivity index (χ2n) is 8.03. The van der Waals surface area contributed by atoms with E-state index in [9.17, 15) is 4.79 Å². The van der Waals surface area contributed by atoms with Gasteiger partial charge in [-0.05, 0) is 76.4 Å². The van der Waals surface area contributed by atoms with Gasteiger partial charge in [0, 0.05) is 40.6 Å². The number of aromatic nitrogens is 1. The molecule has 1 aliphatic carbocycles. The second kappa shape index (κ2) is 7.71. The Bertz CT molecular complexity index is 902. The Morgan fingerprint density at radius 2 is 2.04 bits per heavy atom. The summed E-state index contributed by atoms with van der Waals surface area (Å²) in [5.74, 6) is 0.579. The number of rotatable bonds is 4. The number of likely N-dealkylation sites (N-methyl/N-ethyl adjacent to an activating group) is 1. The van der Waals surface area contributed by atoms with E-state index in [0.717, 1.165) is 28.6 Å². The molecule has 1 fully saturated rings. The second-order valence-corrected chi connectivity index (χ2v) is 8.94. The first kappa shape index (κ1) is 19.8. The van der Waals surface area contributed by atoms with E-state index in [1.54, 1.807) is 0 Å². The fourth-order valence-corrected chi connectivity index (χ4v) is 5.80. The molecule has 152 valence electrons. The summed E-state index contributed by atoms with van der Waals surface area (Å²) in [6.07, 6.45) is 3.59. The van der Waals surface area contributed by atoms with Crippen LogP contribution >= 0.6 is 15.9 Å². The van der Waals surface area contributed by atoms with Crippen LogP contribution in [0.3, 0.4) is 0 Å². The van der Waals surface area contributed by atoms with E-state index in [-0.39, 0.29) is 6.03 Å². The van der Waals surface area contributed by atoms with Crippen LogP contribution in [0, 0.1) is 6.92 Å². The summed E-state index contributed by atoms with van der Waals surface area (Å²) in [5.41, 5.74) is 8.30. The zero-order valence-corrected chi connectivity index (χ0v) is 19.0. The summed E-state index contributed by atoms with van der Waals surface area (Å²) < 4.78 is 3.11. The summed E-state index contributed by atoms with van der Waals surface area (Å²) in [6, 6.07) is 5.00. The quantitative estimate of drug-likeness (QED) is 0.729. The normalized spacial score (nSPS) is 21.6. The third-order valence-electron chi connectivity index (χ3n) is 6.80. The van der Waals surface area contributed by atoms with E-state index in [4.69, 9.17) is 0 Å². The molecule has 1 aliphatic heterocycles. The largest absolute Gasteiger partial charge is 0.336 e. The van der Waals surface area contributed by atoms with Gasteiger partial charge in [-0.25, -0.2) is 10.2 Å². The summed E-state index contributed by atoms with van der Waals surface area (Å²) in [7, 11) is 0. The van der Waals surface area contributed by atoms with Crippen LogP contribution in [0.15, 0.2) is 16.6 Å². The fraction of sp³-hybridized carbons (Fsp3) is 0.591. The summed E-state index contributed by atoms with van der Waals surface area (Å²) >= 11 is 3.74. The SMILES string of the molecule is CCN(CC)C(=O)Nn1c(C)c2c3c(cc(Br)cc31)[C@H]1CCCN(CC)[C@@H]1C2. The number of likely N-dealkylation sites (tertiary alicyclic amines) is 1. The van der Waals surface area contributed by atoms with Gasteiger partial charge >= 0.3 is 6.03 Å². The van der Waals surface area contributed by atoms with E-state index < -0.39 is 0 Å². The molecule has 1 N–H and O–H groups in total. The van der Waals surface area contributed by atoms with Crippen molar-refractivity contribution in [2.75, 3.05) is 31.6 Å². The molecule has 0 saturated carbocycles. The van der Waals surface area contributed by atoms with Crippen molar-refractivity contribution >= 4 is 32.9 Å². The number of hydrogen-bond acceptors (Lipinski definition) is 2. The molecule has 6 heteroatoms. The number of amides is 2. The zero-order chi connectivity index (χ0) is 20.0. The number of halogens is 1. The van der Waals surface area contributed by atoms with Crippen LogP contribution in [0.2, 0.25) is 0 Å². The highest BCUT2D eigenvalue weighted by molar-refractivity contribution is 9.10. The van der Waals surface area contributed by atoms with E-state index >= 15 is 0 Å². The van der Waals surface area contributed by atoms with Crippen molar-refractivity contribution in [2.45, 2.75) is 58.9 Å². The molecule has 1 aromatic carbocycles. The van der Waals surface area contributed by atoms with Gasteiger partial charge in [0.25, 0.3) is 0 Å². The van der Waals surface area contributed by atoms with Gasteiger partial charge in [0.15, 0.2) is 0 Å². The number of piperidine rings is 1. The first-order valence-electron chi connectivity index (χ1n) is 10.6. The first-order chi connectivity index (χ1) is 13.5. The highest BCUT2D eigenvalue weighted by Crippen LogP contribution is 2.46. The predicted octanol–water partition coefficient (Wildman–Crippen LogP) is 4.84. The molecule has 28 heavy (non-hydrogen) atoms. The highest BCUT2D eigenvalue weighted by Gasteiger charge is 2.38. The molecule has 0 unspecified atom stereocenters. The van der Waals surface area contributed by atoms with Crippen LogP contribution in [0.5, 0.6) is 0 Å². The van der Waals surface area contributed by atoms with Crippen molar-refractivity contribution in [3.63, 3.8) is 0 Å². The van der Waals surface area contributed by atoms with E-state index in [2.05, 4.69) is 52.2 Å². The molecular formula is C22H31BrN4O. The molecule has 2 aromatic rings. The van der Waals surface area contributed by atoms with Crippen molar-refractivity contribution in [2.24, 2.45) is 0 Å². The lowest BCUT2D eigenvalue weighted by Gasteiger charge is -2.44. The third kappa shape index (κ3) is 3.05. The average molecular weight is 447 g/mol. The molecule has 0 radical (unpaired) electrons. The number of urea groups is 1. The van der Waals surface area contributed by atoms with Crippen molar-refractivity contribution in [3.8, 4) is 0 Å². The lowest BCUT2D eigenvalue weighted by molar-refractivity contribution is 0.131. The minimum absolute atomic E-state index is 0.0371. The van der Waals surface area contributed by atoms with Crippen LogP contribution in [0.25, 0.3) is 10.9 Å². The number of carbonyl (C=O) groups is 1. The smallest absolute Gasteiger partial charge is 0.324 e. The predicted molar refractivity (Wildman–Crippen MR) is 119 cm³/mol. The Balaban J connectivity index is 1.84. The molecular weight excluding hydrogens is 416 g/mol. The molecule has 1 saturated heterocycles. The Morgan fingerprint density at radius 1 is 1.29 bits per heavy atom. The summed E-state index contributed by atoms with van der Waals surface area (Å²) in [6.45, 7) is 12.2. The molecule has 2 atom stereocenters. The fourth-order valence-electron chi connectivity index (χ4n) is 5.34. The Kier molecular flexibility index (Phi) is 5.45. The summed E-state index contributed by atoms with van der Waals surface area (Å²) in [5, 5.41) is 1.36. The van der Waals surface area contributed by atoms with Gasteiger partial charge in [-0.2, -0.15) is 0 Å². The van der Waals surface area contributed by atoms with Gasteiger partial charge in [0.05, 0.1) is 5.52 Å². The topological polar surface area (TPSA) is 40.5 Å². The van der Waals surface area contributed by atoms with Crippen LogP contribution in [0.1, 0.15) is 56.4 Å². The van der Waals surface area contributed by atoms with Gasteiger partial charge in [0.2, 0.25) is 0 Å². The lowest BCUT2D eigenvalue weighted by Crippen LogP contribution is -2.46. The molecule has 2 heterocycles. The molecule has 2 aliphatic rings. The highest BCUT2D eigenvalue weighted by atomic mass is 79.9. The minimum Gasteiger partial charge on any atom is -0.324 e. The van der Waals surface area contributed by atoms with Crippen molar-refractivity contribution < 1.29 is 4.79 Å². The van der Waals surface area contributed by atoms with Crippen molar-refractivity contribution in [1.29, 1.82) is 0 Å². The molecule has 2 amide bonds. The maximum absolute atomic E-state index is 12.8. The minimum atomic E-state index is -0.0371. The molecule has 4 rings (SSSR count). The standard InChI is InChI=1S/C22H31BrN4O/c1-5-25(6-2)22(28)24-27-14(4)17-13-19-16(9-8-10-26(19)7-3)18-11-15(23)12-20(27)21(17)18/h11-12,16,19H,5-10,13H2,1-4H3,(H,24,28)/t16-,19-/m1/s1. The van der Waals surface area contributed by atoms with Crippen LogP contribution in [0.4, 0.5) is 4.79 Å². The van der Waals surface area contributed by atoms with Crippen LogP contribution in [-0.2, 0) is 6.42 Å². The van der Waals surface area contributed by atoms with Crippen molar-refractivity contribution in [1.82, 2.24) is 14.5 Å². The van der Waals surface area contributed by atoms with E-state index in [1.165, 1.54) is 35.9 Å². The number of fused-ring (bicyclic) bond motifs is 2. The zero-order valence-electron chi connectivity index (χ0n) is 17.4. The average Bonchev–Trinajstić information content (AvgIpc) is 2.95. The monoisotopic (exact) mass is 446 g/mol. The maximum atomic E-state index is 12.8. The third-order valence-corrected chi connectivity index (χ3v) is 7.26.